The van der Waals surface area contributed by atoms with E-state index < -0.39 is 16.1 Å². The van der Waals surface area contributed by atoms with E-state index in [1.165, 1.54) is 9.71 Å². The number of carbonyl (C=O) groups excluding carboxylic acids is 1. The van der Waals surface area contributed by atoms with Gasteiger partial charge in [0, 0.05) is 31.0 Å². The number of sulfonamides is 1. The third kappa shape index (κ3) is 5.43. The fourth-order valence-corrected chi connectivity index (χ4v) is 3.80. The number of carbonyl (C=O) groups is 1. The highest BCUT2D eigenvalue weighted by Crippen LogP contribution is 2.21. The predicted octanol–water partition coefficient (Wildman–Crippen LogP) is 1.20. The Labute approximate surface area is 143 Å². The lowest BCUT2D eigenvalue weighted by atomic mass is 9.97. The lowest BCUT2D eigenvalue weighted by molar-refractivity contribution is -0.126. The van der Waals surface area contributed by atoms with Gasteiger partial charge in [-0.2, -0.15) is 4.31 Å². The van der Waals surface area contributed by atoms with Crippen LogP contribution in [0.1, 0.15) is 25.3 Å². The minimum Gasteiger partial charge on any atom is -0.392 e. The number of amides is 1. The van der Waals surface area contributed by atoms with Gasteiger partial charge < -0.3 is 10.4 Å². The van der Waals surface area contributed by atoms with Crippen LogP contribution in [0.2, 0.25) is 0 Å². The SMILES string of the molecule is CC(O)CNC(=O)C1CCN(S(=O)(=O)/C=C/c2ccccc2)CC1. The molecular weight excluding hydrogens is 328 g/mol. The number of aliphatic hydroxyl groups is 1. The van der Waals surface area contributed by atoms with Gasteiger partial charge in [-0.25, -0.2) is 8.42 Å². The van der Waals surface area contributed by atoms with Gasteiger partial charge in [0.15, 0.2) is 0 Å². The second kappa shape index (κ2) is 8.41. The molecule has 1 aromatic carbocycles. The normalized spacial score (nSPS) is 18.6. The van der Waals surface area contributed by atoms with E-state index >= 15 is 0 Å². The average Bonchev–Trinajstić information content (AvgIpc) is 2.59. The van der Waals surface area contributed by atoms with E-state index in [0.29, 0.717) is 25.9 Å². The van der Waals surface area contributed by atoms with Crippen molar-refractivity contribution in [2.45, 2.75) is 25.9 Å². The summed E-state index contributed by atoms with van der Waals surface area (Å²) in [6, 6.07) is 9.25. The lowest BCUT2D eigenvalue weighted by Gasteiger charge is -2.29. The highest BCUT2D eigenvalue weighted by molar-refractivity contribution is 7.92. The first-order chi connectivity index (χ1) is 11.4. The van der Waals surface area contributed by atoms with Crippen LogP contribution in [0.4, 0.5) is 0 Å². The monoisotopic (exact) mass is 352 g/mol. The topological polar surface area (TPSA) is 86.7 Å². The maximum absolute atomic E-state index is 12.4. The van der Waals surface area contributed by atoms with Crippen LogP contribution < -0.4 is 5.32 Å². The lowest BCUT2D eigenvalue weighted by Crippen LogP contribution is -2.43. The first kappa shape index (κ1) is 18.6. The fraction of sp³-hybridized carbons (Fsp3) is 0.471. The number of rotatable bonds is 6. The molecule has 6 nitrogen and oxygen atoms in total. The molecule has 1 fully saturated rings. The number of aliphatic hydroxyl groups excluding tert-OH is 1. The molecule has 1 unspecified atom stereocenters. The quantitative estimate of drug-likeness (QED) is 0.805. The standard InChI is InChI=1S/C17H24N2O4S/c1-14(20)13-18-17(21)16-7-10-19(11-8-16)24(22,23)12-9-15-5-3-2-4-6-15/h2-6,9,12,14,16,20H,7-8,10-11,13H2,1H3,(H,18,21)/b12-9+. The summed E-state index contributed by atoms with van der Waals surface area (Å²) in [6.07, 6.45) is 1.97. The van der Waals surface area contributed by atoms with Crippen molar-refractivity contribution in [2.75, 3.05) is 19.6 Å². The van der Waals surface area contributed by atoms with E-state index in [-0.39, 0.29) is 18.4 Å². The zero-order valence-electron chi connectivity index (χ0n) is 13.8. The molecule has 2 rings (SSSR count). The Morgan fingerprint density at radius 3 is 2.54 bits per heavy atom. The number of hydrogen-bond acceptors (Lipinski definition) is 4. The molecule has 0 radical (unpaired) electrons. The molecule has 1 saturated heterocycles. The summed E-state index contributed by atoms with van der Waals surface area (Å²) < 4.78 is 26.1. The van der Waals surface area contributed by atoms with E-state index in [1.54, 1.807) is 13.0 Å². The fourth-order valence-electron chi connectivity index (χ4n) is 2.58. The van der Waals surface area contributed by atoms with Crippen LogP contribution in [0, 0.1) is 5.92 Å². The van der Waals surface area contributed by atoms with Crippen LogP contribution >= 0.6 is 0 Å². The molecule has 1 heterocycles. The minimum atomic E-state index is -3.48. The number of nitrogens with zero attached hydrogens (tertiary/aromatic N) is 1. The van der Waals surface area contributed by atoms with Crippen LogP contribution in [-0.4, -0.2) is 49.5 Å². The summed E-state index contributed by atoms with van der Waals surface area (Å²) in [6.45, 7) is 2.48. The molecule has 1 atom stereocenters. The first-order valence-electron chi connectivity index (χ1n) is 8.07. The molecule has 132 valence electrons. The molecule has 7 heteroatoms. The summed E-state index contributed by atoms with van der Waals surface area (Å²) in [5.41, 5.74) is 0.827. The van der Waals surface area contributed by atoms with Crippen molar-refractivity contribution >= 4 is 22.0 Å². The van der Waals surface area contributed by atoms with Gasteiger partial charge in [0.25, 0.3) is 0 Å². The molecule has 0 spiro atoms. The van der Waals surface area contributed by atoms with Gasteiger partial charge >= 0.3 is 0 Å². The molecule has 0 aliphatic carbocycles. The summed E-state index contributed by atoms with van der Waals surface area (Å²) >= 11 is 0. The molecular formula is C17H24N2O4S. The Morgan fingerprint density at radius 1 is 1.33 bits per heavy atom. The van der Waals surface area contributed by atoms with Crippen molar-refractivity contribution in [3.05, 3.63) is 41.3 Å². The van der Waals surface area contributed by atoms with Crippen LogP contribution in [0.3, 0.4) is 0 Å². The Balaban J connectivity index is 1.89. The minimum absolute atomic E-state index is 0.118. The number of hydrogen-bond donors (Lipinski definition) is 2. The Bertz CT molecular complexity index is 663. The van der Waals surface area contributed by atoms with Gasteiger partial charge in [-0.05, 0) is 31.4 Å². The average molecular weight is 352 g/mol. The summed E-state index contributed by atoms with van der Waals surface area (Å²) in [5.74, 6) is -0.318. The molecule has 1 aromatic rings. The zero-order valence-corrected chi connectivity index (χ0v) is 14.6. The van der Waals surface area contributed by atoms with Gasteiger partial charge in [0.2, 0.25) is 15.9 Å². The third-order valence-corrected chi connectivity index (χ3v) is 5.55. The number of piperidine rings is 1. The van der Waals surface area contributed by atoms with E-state index in [0.717, 1.165) is 5.56 Å². The smallest absolute Gasteiger partial charge is 0.236 e. The van der Waals surface area contributed by atoms with Gasteiger partial charge in [0.05, 0.1) is 6.10 Å². The van der Waals surface area contributed by atoms with Crippen molar-refractivity contribution in [2.24, 2.45) is 5.92 Å². The molecule has 2 N–H and O–H groups in total. The van der Waals surface area contributed by atoms with Crippen LogP contribution in [0.15, 0.2) is 35.7 Å². The van der Waals surface area contributed by atoms with Crippen LogP contribution in [-0.2, 0) is 14.8 Å². The second-order valence-electron chi connectivity index (χ2n) is 6.03. The zero-order chi connectivity index (χ0) is 17.6. The van der Waals surface area contributed by atoms with Crippen LogP contribution in [0.25, 0.3) is 6.08 Å². The molecule has 1 aliphatic heterocycles. The van der Waals surface area contributed by atoms with E-state index in [1.807, 2.05) is 30.3 Å². The van der Waals surface area contributed by atoms with Crippen molar-refractivity contribution < 1.29 is 18.3 Å². The Hall–Kier alpha value is -1.70. The van der Waals surface area contributed by atoms with Crippen molar-refractivity contribution in [1.29, 1.82) is 0 Å². The van der Waals surface area contributed by atoms with Gasteiger partial charge in [0.1, 0.15) is 0 Å². The maximum atomic E-state index is 12.4. The van der Waals surface area contributed by atoms with Crippen molar-refractivity contribution in [3.8, 4) is 0 Å². The second-order valence-corrected chi connectivity index (χ2v) is 7.84. The number of nitrogens with one attached hydrogen (secondary N) is 1. The van der Waals surface area contributed by atoms with E-state index in [9.17, 15) is 18.3 Å². The first-order valence-corrected chi connectivity index (χ1v) is 9.58. The Kier molecular flexibility index (Phi) is 6.53. The summed E-state index contributed by atoms with van der Waals surface area (Å²) in [7, 11) is -3.48. The molecule has 1 aliphatic rings. The van der Waals surface area contributed by atoms with Crippen LogP contribution in [0.5, 0.6) is 0 Å². The molecule has 0 saturated carbocycles. The number of benzene rings is 1. The summed E-state index contributed by atoms with van der Waals surface area (Å²) in [4.78, 5) is 12.0. The molecule has 0 bridgehead atoms. The van der Waals surface area contributed by atoms with Gasteiger partial charge in [-0.15, -0.1) is 0 Å². The highest BCUT2D eigenvalue weighted by Gasteiger charge is 2.29. The molecule has 1 amide bonds. The predicted molar refractivity (Wildman–Crippen MR) is 93.4 cm³/mol. The summed E-state index contributed by atoms with van der Waals surface area (Å²) in [5, 5.41) is 13.1. The highest BCUT2D eigenvalue weighted by atomic mass is 32.2. The largest absolute Gasteiger partial charge is 0.392 e. The third-order valence-electron chi connectivity index (χ3n) is 3.99. The van der Waals surface area contributed by atoms with Gasteiger partial charge in [-0.3, -0.25) is 4.79 Å². The molecule has 24 heavy (non-hydrogen) atoms. The van der Waals surface area contributed by atoms with Crippen molar-refractivity contribution in [1.82, 2.24) is 9.62 Å². The van der Waals surface area contributed by atoms with E-state index in [4.69, 9.17) is 0 Å². The van der Waals surface area contributed by atoms with E-state index in [2.05, 4.69) is 5.32 Å². The van der Waals surface area contributed by atoms with Crippen molar-refractivity contribution in [3.63, 3.8) is 0 Å². The Morgan fingerprint density at radius 2 is 1.96 bits per heavy atom. The maximum Gasteiger partial charge on any atom is 0.236 e. The molecule has 0 aromatic heterocycles. The van der Waals surface area contributed by atoms with Gasteiger partial charge in [-0.1, -0.05) is 30.3 Å².